The molecule has 4 bridgehead atoms. The number of benzene rings is 2. The minimum absolute atomic E-state index is 0. The molecule has 6 atom stereocenters. The van der Waals surface area contributed by atoms with Gasteiger partial charge in [-0.1, -0.05) is 7.43 Å². The lowest BCUT2D eigenvalue weighted by Crippen LogP contribution is -2.62. The van der Waals surface area contributed by atoms with Gasteiger partial charge in [0.2, 0.25) is 0 Å². The van der Waals surface area contributed by atoms with E-state index >= 15 is 0 Å². The normalized spacial score (nSPS) is 29.3. The summed E-state index contributed by atoms with van der Waals surface area (Å²) in [5, 5.41) is 10.8. The van der Waals surface area contributed by atoms with Crippen molar-refractivity contribution in [3.8, 4) is 23.0 Å². The predicted octanol–water partition coefficient (Wildman–Crippen LogP) is 4.17. The number of ketones is 4. The van der Waals surface area contributed by atoms with Gasteiger partial charge in [0.05, 0.1) is 40.5 Å². The van der Waals surface area contributed by atoms with Crippen LogP contribution < -0.4 is 14.2 Å². The van der Waals surface area contributed by atoms with Crippen molar-refractivity contribution in [2.45, 2.75) is 62.9 Å². The Morgan fingerprint density at radius 1 is 0.704 bits per heavy atom. The van der Waals surface area contributed by atoms with Gasteiger partial charge in [0.1, 0.15) is 0 Å². The quantitative estimate of drug-likeness (QED) is 0.344. The molecule has 2 fully saturated rings. The molecule has 2 saturated heterocycles. The molecule has 2 unspecified atom stereocenters. The maximum atomic E-state index is 13.4. The second kappa shape index (κ2) is 14.0. The minimum Gasteiger partial charge on any atom is -0.504 e. The zero-order chi connectivity index (χ0) is 38.1. The summed E-state index contributed by atoms with van der Waals surface area (Å²) < 4.78 is 26.7. The van der Waals surface area contributed by atoms with E-state index < -0.39 is 22.8 Å². The van der Waals surface area contributed by atoms with Crippen molar-refractivity contribution in [1.82, 2.24) is 9.80 Å². The summed E-state index contributed by atoms with van der Waals surface area (Å²) in [6.07, 6.45) is 5.33. The molecular formula is C41H48N2O11. The number of aromatic hydroxyl groups is 1. The number of phenols is 1. The number of carbonyl (C=O) groups is 5. The van der Waals surface area contributed by atoms with E-state index in [1.165, 1.54) is 35.4 Å². The zero-order valence-electron chi connectivity index (χ0n) is 30.9. The molecule has 0 aromatic heterocycles. The third kappa shape index (κ3) is 5.45. The number of carbonyl (C=O) groups excluding carboxylic acids is 5. The first kappa shape index (κ1) is 38.7. The molecule has 2 heterocycles. The summed E-state index contributed by atoms with van der Waals surface area (Å²) in [5.74, 6) is 0.269. The number of ether oxygens (including phenoxy) is 5. The van der Waals surface area contributed by atoms with Gasteiger partial charge in [-0.25, -0.2) is 0 Å². The monoisotopic (exact) mass is 744 g/mol. The number of phenolic OH excluding ortho intramolecular Hbond substituents is 1. The number of likely N-dealkylation sites (N-methyl/N-ethyl adjacent to an activating group) is 2. The van der Waals surface area contributed by atoms with Crippen LogP contribution in [0.3, 0.4) is 0 Å². The molecule has 6 aliphatic rings. The van der Waals surface area contributed by atoms with Gasteiger partial charge in [0.15, 0.2) is 57.6 Å². The number of Topliss-reactive ketones (excluding diaryl/α,β-unsaturated/α-hetero) is 4. The smallest absolute Gasteiger partial charge is 0.308 e. The molecule has 0 amide bonds. The second-order valence-electron chi connectivity index (χ2n) is 14.8. The van der Waals surface area contributed by atoms with Crippen molar-refractivity contribution >= 4 is 29.1 Å². The maximum Gasteiger partial charge on any atom is 0.308 e. The molecule has 2 aromatic rings. The van der Waals surface area contributed by atoms with E-state index in [4.69, 9.17) is 23.7 Å². The minimum atomic E-state index is -0.640. The van der Waals surface area contributed by atoms with Crippen molar-refractivity contribution in [3.63, 3.8) is 0 Å². The molecule has 13 heteroatoms. The van der Waals surface area contributed by atoms with E-state index in [0.717, 1.165) is 0 Å². The number of methoxy groups -OCH3 is 4. The Bertz CT molecular complexity index is 2020. The van der Waals surface area contributed by atoms with Crippen LogP contribution in [-0.4, -0.2) is 112 Å². The molecular weight excluding hydrogens is 696 g/mol. The molecule has 0 saturated carbocycles. The summed E-state index contributed by atoms with van der Waals surface area (Å²) in [6.45, 7) is 2.66. The number of rotatable bonds is 5. The summed E-state index contributed by atoms with van der Waals surface area (Å²) in [7, 11) is 9.75. The molecule has 13 nitrogen and oxygen atoms in total. The molecule has 2 aromatic carbocycles. The highest BCUT2D eigenvalue weighted by Gasteiger charge is 2.61. The van der Waals surface area contributed by atoms with E-state index in [1.54, 1.807) is 36.4 Å². The second-order valence-corrected chi connectivity index (χ2v) is 14.8. The first-order valence-corrected chi connectivity index (χ1v) is 17.7. The van der Waals surface area contributed by atoms with Crippen LogP contribution in [0, 0.1) is 11.8 Å². The van der Waals surface area contributed by atoms with Gasteiger partial charge >= 0.3 is 5.97 Å². The first-order valence-electron chi connectivity index (χ1n) is 17.7. The summed E-state index contributed by atoms with van der Waals surface area (Å²) in [6, 6.07) is 5.93. The highest BCUT2D eigenvalue weighted by Crippen LogP contribution is 2.59. The fourth-order valence-electron chi connectivity index (χ4n) is 9.97. The van der Waals surface area contributed by atoms with Gasteiger partial charge in [-0.3, -0.25) is 33.8 Å². The molecule has 2 aliphatic heterocycles. The molecule has 1 N–H and O–H groups in total. The number of hydrogen-bond acceptors (Lipinski definition) is 13. The van der Waals surface area contributed by atoms with Gasteiger partial charge < -0.3 is 28.8 Å². The summed E-state index contributed by atoms with van der Waals surface area (Å²) in [4.78, 5) is 67.9. The van der Waals surface area contributed by atoms with Crippen LogP contribution in [0.2, 0.25) is 0 Å². The Kier molecular flexibility index (Phi) is 10.0. The number of esters is 1. The highest BCUT2D eigenvalue weighted by molar-refractivity contribution is 6.08. The standard InChI is InChI=1S/C21H23NO6.C19H21NO5.CH4/c1-11(23)28-20-15(26-3)6-5-12-17(20)21-7-8-22(2)18(19(12)25)13(21)9-16(27-4)14(24)10-21;1-20-7-6-19-9-12(21)14(25-3)8-11(19)16(20)17(22)10-4-5-13(24-2)18(23)15(10)19;/h5-6,9,13,18H,7-8,10H2,1-4H3;4-5,8,11,16,23H,6-7,9H2,1-3H3;1H4/t13?,18-,21-;11?,16-,19-;/m11./s1. The molecule has 54 heavy (non-hydrogen) atoms. The Morgan fingerprint density at radius 2 is 1.15 bits per heavy atom. The van der Waals surface area contributed by atoms with Crippen LogP contribution in [0.15, 0.2) is 47.9 Å². The zero-order valence-corrected chi connectivity index (χ0v) is 30.9. The topological polar surface area (TPSA) is 158 Å². The Balaban J connectivity index is 0.000000182. The third-order valence-corrected chi connectivity index (χ3v) is 12.3. The summed E-state index contributed by atoms with van der Waals surface area (Å²) in [5.41, 5.74) is 0.920. The van der Waals surface area contributed by atoms with E-state index in [2.05, 4.69) is 0 Å². The van der Waals surface area contributed by atoms with Crippen LogP contribution >= 0.6 is 0 Å². The molecule has 8 rings (SSSR count). The van der Waals surface area contributed by atoms with Gasteiger partial charge in [-0.2, -0.15) is 0 Å². The SMILES string of the molecule is C.COC1=CC2[C@@H]3C(=O)c4ccc(OC)c(O)c4[C@]2(CCN3C)CC1=O.COC1=CC2[C@@H]3C(=O)c4ccc(OC)c(OC(C)=O)c4[C@]2(CCN3C)CC1=O. The van der Waals surface area contributed by atoms with Crippen LogP contribution in [0.1, 0.15) is 71.9 Å². The predicted molar refractivity (Wildman–Crippen MR) is 196 cm³/mol. The average Bonchev–Trinajstić information content (AvgIpc) is 3.13. The highest BCUT2D eigenvalue weighted by atomic mass is 16.6. The molecule has 4 aliphatic carbocycles. The lowest BCUT2D eigenvalue weighted by atomic mass is 9.53. The van der Waals surface area contributed by atoms with Gasteiger partial charge in [0, 0.05) is 64.7 Å². The van der Waals surface area contributed by atoms with Crippen LogP contribution in [0.25, 0.3) is 0 Å². The Labute approximate surface area is 314 Å². The van der Waals surface area contributed by atoms with Gasteiger partial charge in [0.25, 0.3) is 0 Å². The number of hydrogen-bond donors (Lipinski definition) is 1. The number of fused-ring (bicyclic) bond motifs is 2. The fraction of sp³-hybridized carbons (Fsp3) is 0.488. The maximum absolute atomic E-state index is 13.4. The molecule has 0 radical (unpaired) electrons. The average molecular weight is 745 g/mol. The number of nitrogens with zero attached hydrogens (tertiary/aromatic N) is 2. The van der Waals surface area contributed by atoms with Crippen molar-refractivity contribution in [2.24, 2.45) is 11.8 Å². The number of likely N-dealkylation sites (tertiary alicyclic amines) is 2. The fourth-order valence-corrected chi connectivity index (χ4v) is 9.97. The van der Waals surface area contributed by atoms with Crippen molar-refractivity contribution < 1.29 is 52.8 Å². The first-order chi connectivity index (χ1) is 25.3. The Morgan fingerprint density at radius 3 is 1.59 bits per heavy atom. The van der Waals surface area contributed by atoms with Crippen molar-refractivity contribution in [2.75, 3.05) is 55.6 Å². The largest absolute Gasteiger partial charge is 0.504 e. The lowest BCUT2D eigenvalue weighted by Gasteiger charge is -2.55. The van der Waals surface area contributed by atoms with E-state index in [9.17, 15) is 29.1 Å². The summed E-state index contributed by atoms with van der Waals surface area (Å²) >= 11 is 0. The van der Waals surface area contributed by atoms with E-state index in [1.807, 2.05) is 23.9 Å². The Hall–Kier alpha value is -5.01. The van der Waals surface area contributed by atoms with Crippen molar-refractivity contribution in [3.05, 3.63) is 70.2 Å². The van der Waals surface area contributed by atoms with Crippen molar-refractivity contribution in [1.29, 1.82) is 0 Å². The molecule has 0 spiro atoms. The van der Waals surface area contributed by atoms with E-state index in [0.29, 0.717) is 65.4 Å². The van der Waals surface area contributed by atoms with Crippen LogP contribution in [0.4, 0.5) is 0 Å². The van der Waals surface area contributed by atoms with Gasteiger partial charge in [-0.15, -0.1) is 0 Å². The van der Waals surface area contributed by atoms with Gasteiger partial charge in [-0.05, 0) is 76.4 Å². The van der Waals surface area contributed by atoms with E-state index in [-0.39, 0.29) is 78.5 Å². The number of allylic oxidation sites excluding steroid dienone is 2. The molecule has 288 valence electrons. The van der Waals surface area contributed by atoms with Crippen LogP contribution in [0.5, 0.6) is 23.0 Å². The number of piperidine rings is 2. The van der Waals surface area contributed by atoms with Crippen LogP contribution in [-0.2, 0) is 34.7 Å². The third-order valence-electron chi connectivity index (χ3n) is 12.3. The lowest BCUT2D eigenvalue weighted by molar-refractivity contribution is -0.132.